The van der Waals surface area contributed by atoms with Crippen molar-refractivity contribution in [2.45, 2.75) is 45.8 Å². The van der Waals surface area contributed by atoms with Gasteiger partial charge >= 0.3 is 6.09 Å². The molecule has 0 aromatic heterocycles. The van der Waals surface area contributed by atoms with E-state index in [1.54, 1.807) is 18.7 Å². The number of amides is 4. The Labute approximate surface area is 179 Å². The van der Waals surface area contributed by atoms with Gasteiger partial charge in [0.2, 0.25) is 11.8 Å². The van der Waals surface area contributed by atoms with Crippen molar-refractivity contribution in [1.29, 1.82) is 0 Å². The molecule has 1 saturated heterocycles. The molecule has 1 aromatic rings. The van der Waals surface area contributed by atoms with Crippen molar-refractivity contribution < 1.29 is 33.4 Å². The standard InChI is InChI=1S/C20H27FN4O6/c1-11(2)17(22-20(29)30)19(28)25-8-6-14(7-9-25)31-16-5-4-13(21)10-15(16)18(27)24-23-12(3)26/h4-5,10-11,14,17,22H,6-9H2,1-3H3,(H,23,26)(H,24,27)(H,29,30)/t17-/m0/s1. The van der Waals surface area contributed by atoms with Gasteiger partial charge in [0.15, 0.2) is 0 Å². The number of nitrogens with one attached hydrogen (secondary N) is 3. The minimum absolute atomic E-state index is 0.0715. The highest BCUT2D eigenvalue weighted by molar-refractivity contribution is 5.97. The molecule has 1 heterocycles. The van der Waals surface area contributed by atoms with E-state index >= 15 is 0 Å². The van der Waals surface area contributed by atoms with Crippen molar-refractivity contribution >= 4 is 23.8 Å². The molecule has 2 rings (SSSR count). The third-order valence-corrected chi connectivity index (χ3v) is 4.80. The van der Waals surface area contributed by atoms with Crippen LogP contribution in [0.3, 0.4) is 0 Å². The molecule has 0 unspecified atom stereocenters. The van der Waals surface area contributed by atoms with Crippen LogP contribution in [0.1, 0.15) is 44.0 Å². The highest BCUT2D eigenvalue weighted by Crippen LogP contribution is 2.25. The zero-order valence-electron chi connectivity index (χ0n) is 17.6. The van der Waals surface area contributed by atoms with Gasteiger partial charge in [0.25, 0.3) is 5.91 Å². The number of nitrogens with zero attached hydrogens (tertiary/aromatic N) is 1. The van der Waals surface area contributed by atoms with Gasteiger partial charge in [-0.05, 0) is 24.1 Å². The second-order valence-corrected chi connectivity index (χ2v) is 7.59. The molecule has 4 amide bonds. The molecule has 1 atom stereocenters. The summed E-state index contributed by atoms with van der Waals surface area (Å²) in [6.45, 7) is 5.44. The van der Waals surface area contributed by atoms with Crippen LogP contribution in [-0.4, -0.2) is 59.1 Å². The summed E-state index contributed by atoms with van der Waals surface area (Å²) in [5.74, 6) is -2.19. The smallest absolute Gasteiger partial charge is 0.405 e. The lowest BCUT2D eigenvalue weighted by Crippen LogP contribution is -2.53. The Hall–Kier alpha value is -3.37. The number of hydrogen-bond acceptors (Lipinski definition) is 5. The van der Waals surface area contributed by atoms with Crippen LogP contribution >= 0.6 is 0 Å². The van der Waals surface area contributed by atoms with Crippen LogP contribution in [0.25, 0.3) is 0 Å². The number of carbonyl (C=O) groups is 4. The van der Waals surface area contributed by atoms with Gasteiger partial charge in [-0.3, -0.25) is 25.2 Å². The van der Waals surface area contributed by atoms with Crippen LogP contribution in [0.15, 0.2) is 18.2 Å². The summed E-state index contributed by atoms with van der Waals surface area (Å²) in [6.07, 6.45) is -0.681. The van der Waals surface area contributed by atoms with Crippen molar-refractivity contribution in [2.24, 2.45) is 5.92 Å². The first-order chi connectivity index (χ1) is 14.6. The molecule has 31 heavy (non-hydrogen) atoms. The fraction of sp³-hybridized carbons (Fsp3) is 0.500. The molecule has 170 valence electrons. The number of rotatable bonds is 6. The monoisotopic (exact) mass is 438 g/mol. The Morgan fingerprint density at radius 2 is 1.81 bits per heavy atom. The number of likely N-dealkylation sites (tertiary alicyclic amines) is 1. The third-order valence-electron chi connectivity index (χ3n) is 4.80. The van der Waals surface area contributed by atoms with Gasteiger partial charge in [0.05, 0.1) is 5.56 Å². The van der Waals surface area contributed by atoms with Gasteiger partial charge < -0.3 is 20.1 Å². The van der Waals surface area contributed by atoms with Crippen LogP contribution in [0.4, 0.5) is 9.18 Å². The molecular weight excluding hydrogens is 411 g/mol. The lowest BCUT2D eigenvalue weighted by Gasteiger charge is -2.35. The predicted molar refractivity (Wildman–Crippen MR) is 108 cm³/mol. The number of carboxylic acid groups (broad SMARTS) is 1. The van der Waals surface area contributed by atoms with E-state index in [-0.39, 0.29) is 29.2 Å². The molecule has 0 radical (unpaired) electrons. The predicted octanol–water partition coefficient (Wildman–Crippen LogP) is 1.27. The minimum Gasteiger partial charge on any atom is -0.489 e. The number of piperidine rings is 1. The second-order valence-electron chi connectivity index (χ2n) is 7.59. The third kappa shape index (κ3) is 6.83. The second kappa shape index (κ2) is 10.6. The van der Waals surface area contributed by atoms with Crippen molar-refractivity contribution in [2.75, 3.05) is 13.1 Å². The molecule has 4 N–H and O–H groups in total. The SMILES string of the molecule is CC(=O)NNC(=O)c1cc(F)ccc1OC1CCN(C(=O)[C@@H](NC(=O)O)C(C)C)CC1. The topological polar surface area (TPSA) is 137 Å². The highest BCUT2D eigenvalue weighted by atomic mass is 19.1. The minimum atomic E-state index is -1.26. The number of halogens is 1. The van der Waals surface area contributed by atoms with Crippen molar-refractivity contribution in [3.63, 3.8) is 0 Å². The van der Waals surface area contributed by atoms with Crippen LogP contribution in [0.2, 0.25) is 0 Å². The first-order valence-corrected chi connectivity index (χ1v) is 9.89. The molecule has 0 bridgehead atoms. The van der Waals surface area contributed by atoms with Crippen LogP contribution < -0.4 is 20.9 Å². The van der Waals surface area contributed by atoms with Crippen molar-refractivity contribution in [3.8, 4) is 5.75 Å². The van der Waals surface area contributed by atoms with Crippen molar-refractivity contribution in [1.82, 2.24) is 21.1 Å². The maximum absolute atomic E-state index is 13.6. The van der Waals surface area contributed by atoms with Gasteiger partial charge in [0.1, 0.15) is 23.7 Å². The lowest BCUT2D eigenvalue weighted by atomic mass is 10.0. The van der Waals surface area contributed by atoms with Crippen LogP contribution in [-0.2, 0) is 9.59 Å². The van der Waals surface area contributed by atoms with E-state index in [2.05, 4.69) is 16.2 Å². The summed E-state index contributed by atoms with van der Waals surface area (Å²) in [5.41, 5.74) is 4.24. The molecule has 0 saturated carbocycles. The number of carbonyl (C=O) groups excluding carboxylic acids is 3. The molecule has 10 nitrogen and oxygen atoms in total. The highest BCUT2D eigenvalue weighted by Gasteiger charge is 2.32. The maximum atomic E-state index is 13.6. The Kier molecular flexibility index (Phi) is 8.17. The summed E-state index contributed by atoms with van der Waals surface area (Å²) in [5, 5.41) is 11.2. The Balaban J connectivity index is 2.01. The number of hydrazine groups is 1. The number of hydrogen-bond donors (Lipinski definition) is 4. The zero-order valence-corrected chi connectivity index (χ0v) is 17.6. The normalized spacial score (nSPS) is 15.2. The van der Waals surface area contributed by atoms with E-state index in [1.807, 2.05) is 0 Å². The van der Waals surface area contributed by atoms with E-state index < -0.39 is 29.8 Å². The van der Waals surface area contributed by atoms with Gasteiger partial charge in [-0.25, -0.2) is 9.18 Å². The molecule has 1 aliphatic heterocycles. The van der Waals surface area contributed by atoms with E-state index in [0.29, 0.717) is 25.9 Å². The zero-order chi connectivity index (χ0) is 23.1. The summed E-state index contributed by atoms with van der Waals surface area (Å²) >= 11 is 0. The van der Waals surface area contributed by atoms with Crippen molar-refractivity contribution in [3.05, 3.63) is 29.6 Å². The van der Waals surface area contributed by atoms with E-state index in [1.165, 1.54) is 13.0 Å². The summed E-state index contributed by atoms with van der Waals surface area (Å²) in [7, 11) is 0. The molecule has 1 fully saturated rings. The fourth-order valence-corrected chi connectivity index (χ4v) is 3.21. The van der Waals surface area contributed by atoms with Gasteiger partial charge in [-0.15, -0.1) is 0 Å². The lowest BCUT2D eigenvalue weighted by molar-refractivity contribution is -0.136. The first-order valence-electron chi connectivity index (χ1n) is 9.89. The average molecular weight is 438 g/mol. The largest absolute Gasteiger partial charge is 0.489 e. The fourth-order valence-electron chi connectivity index (χ4n) is 3.21. The van der Waals surface area contributed by atoms with Gasteiger partial charge in [-0.1, -0.05) is 13.8 Å². The Bertz CT molecular complexity index is 839. The van der Waals surface area contributed by atoms with Gasteiger partial charge in [-0.2, -0.15) is 0 Å². The molecule has 11 heteroatoms. The quantitative estimate of drug-likeness (QED) is 0.494. The van der Waals surface area contributed by atoms with E-state index in [4.69, 9.17) is 9.84 Å². The maximum Gasteiger partial charge on any atom is 0.405 e. The Morgan fingerprint density at radius 1 is 1.16 bits per heavy atom. The van der Waals surface area contributed by atoms with Crippen LogP contribution in [0.5, 0.6) is 5.75 Å². The molecule has 0 spiro atoms. The van der Waals surface area contributed by atoms with E-state index in [9.17, 15) is 23.6 Å². The molecule has 0 aliphatic carbocycles. The van der Waals surface area contributed by atoms with E-state index in [0.717, 1.165) is 12.1 Å². The molecule has 1 aliphatic rings. The number of ether oxygens (including phenoxy) is 1. The molecule has 1 aromatic carbocycles. The number of benzene rings is 1. The van der Waals surface area contributed by atoms with Crippen LogP contribution in [0, 0.1) is 11.7 Å². The average Bonchev–Trinajstić information content (AvgIpc) is 2.71. The molecular formula is C20H27FN4O6. The Morgan fingerprint density at radius 3 is 2.35 bits per heavy atom. The van der Waals surface area contributed by atoms with Gasteiger partial charge in [0, 0.05) is 32.9 Å². The summed E-state index contributed by atoms with van der Waals surface area (Å²) in [6, 6.07) is 2.67. The first kappa shape index (κ1) is 23.9. The summed E-state index contributed by atoms with van der Waals surface area (Å²) in [4.78, 5) is 48.5. The summed E-state index contributed by atoms with van der Waals surface area (Å²) < 4.78 is 19.5.